The van der Waals surface area contributed by atoms with Crippen LogP contribution in [0.4, 0.5) is 0 Å². The zero-order valence-electron chi connectivity index (χ0n) is 14.3. The number of benzene rings is 1. The van der Waals surface area contributed by atoms with E-state index in [1.165, 1.54) is 24.8 Å². The van der Waals surface area contributed by atoms with Crippen molar-refractivity contribution in [2.24, 2.45) is 5.92 Å². The maximum atomic E-state index is 12.0. The van der Waals surface area contributed by atoms with Gasteiger partial charge in [0.25, 0.3) is 5.91 Å². The fourth-order valence-electron chi connectivity index (χ4n) is 3.34. The molecule has 1 aromatic carbocycles. The maximum absolute atomic E-state index is 12.0. The lowest BCUT2D eigenvalue weighted by molar-refractivity contribution is -0.148. The lowest BCUT2D eigenvalue weighted by Crippen LogP contribution is -2.42. The molecule has 2 N–H and O–H groups in total. The first-order valence-corrected chi connectivity index (χ1v) is 8.67. The highest BCUT2D eigenvalue weighted by Gasteiger charge is 2.23. The predicted molar refractivity (Wildman–Crippen MR) is 92.1 cm³/mol. The molecule has 25 heavy (non-hydrogen) atoms. The summed E-state index contributed by atoms with van der Waals surface area (Å²) in [5.41, 5.74) is 1.17. The summed E-state index contributed by atoms with van der Waals surface area (Å²) in [6.07, 6.45) is 5.92. The molecule has 1 amide bonds. The summed E-state index contributed by atoms with van der Waals surface area (Å²) in [5, 5.41) is 13.1. The topological polar surface area (TPSA) is 88.8 Å². The van der Waals surface area contributed by atoms with Crippen molar-refractivity contribution in [3.63, 3.8) is 0 Å². The lowest BCUT2D eigenvalue weighted by atomic mass is 9.86. The van der Waals surface area contributed by atoms with E-state index < -0.39 is 5.97 Å². The average molecular weight is 345 g/mol. The summed E-state index contributed by atoms with van der Waals surface area (Å²) in [4.78, 5) is 24.0. The number of ether oxygens (including phenoxy) is 1. The Labute approximate surface area is 146 Å². The zero-order valence-corrected chi connectivity index (χ0v) is 14.3. The van der Waals surface area contributed by atoms with Gasteiger partial charge in [-0.25, -0.2) is 0 Å². The molecule has 0 bridgehead atoms. The molecular weight excluding hydrogens is 322 g/mol. The van der Waals surface area contributed by atoms with Crippen LogP contribution < -0.4 is 5.32 Å². The second-order valence-electron chi connectivity index (χ2n) is 6.71. The van der Waals surface area contributed by atoms with Gasteiger partial charge in [-0.3, -0.25) is 9.59 Å². The van der Waals surface area contributed by atoms with E-state index in [0.717, 1.165) is 24.6 Å². The van der Waals surface area contributed by atoms with Crippen molar-refractivity contribution in [1.29, 1.82) is 0 Å². The molecule has 134 valence electrons. The minimum atomic E-state index is -0.484. The fourth-order valence-corrected chi connectivity index (χ4v) is 3.34. The summed E-state index contributed by atoms with van der Waals surface area (Å²) < 4.78 is 10.4. The zero-order chi connectivity index (χ0) is 17.8. The summed E-state index contributed by atoms with van der Waals surface area (Å²) in [5.74, 6) is -0.177. The highest BCUT2D eigenvalue weighted by molar-refractivity contribution is 5.87. The third-order valence-corrected chi connectivity index (χ3v) is 4.80. The van der Waals surface area contributed by atoms with Gasteiger partial charge >= 0.3 is 5.97 Å². The molecule has 1 saturated carbocycles. The predicted octanol–water partition coefficient (Wildman–Crippen LogP) is 2.92. The fraction of sp³-hybridized carbons (Fsp3) is 0.474. The Hall–Kier alpha value is -2.50. The van der Waals surface area contributed by atoms with Gasteiger partial charge < -0.3 is 19.6 Å². The molecule has 3 rings (SSSR count). The van der Waals surface area contributed by atoms with Gasteiger partial charge in [-0.2, -0.15) is 0 Å². The molecule has 2 aromatic rings. The van der Waals surface area contributed by atoms with Gasteiger partial charge in [0.05, 0.1) is 12.7 Å². The number of esters is 1. The minimum absolute atomic E-state index is 0.0187. The molecule has 1 aromatic heterocycles. The number of rotatable bonds is 5. The standard InChI is InChI=1S/C19H23NO5/c1-12-4-2-3-5-16(12)20-18(22)11-25-19(23)8-13-10-24-17-9-14(21)6-7-15(13)17/h6-7,9-10,12,16,21H,2-5,8,11H2,1H3,(H,20,22)/t12-,16+/m0/s1. The number of furan rings is 1. The van der Waals surface area contributed by atoms with Crippen LogP contribution in [0.25, 0.3) is 11.0 Å². The molecule has 0 unspecified atom stereocenters. The monoisotopic (exact) mass is 345 g/mol. The summed E-state index contributed by atoms with van der Waals surface area (Å²) in [6.45, 7) is 1.87. The first-order valence-electron chi connectivity index (χ1n) is 8.67. The van der Waals surface area contributed by atoms with E-state index in [9.17, 15) is 14.7 Å². The van der Waals surface area contributed by atoms with Gasteiger partial charge in [-0.1, -0.05) is 19.8 Å². The van der Waals surface area contributed by atoms with Crippen molar-refractivity contribution >= 4 is 22.8 Å². The molecule has 2 atom stereocenters. The van der Waals surface area contributed by atoms with E-state index in [1.54, 1.807) is 6.07 Å². The third-order valence-electron chi connectivity index (χ3n) is 4.80. The average Bonchev–Trinajstić information content (AvgIpc) is 2.97. The minimum Gasteiger partial charge on any atom is -0.508 e. The first-order chi connectivity index (χ1) is 12.0. The Morgan fingerprint density at radius 3 is 2.92 bits per heavy atom. The van der Waals surface area contributed by atoms with Crippen LogP contribution in [0, 0.1) is 5.92 Å². The molecule has 1 fully saturated rings. The summed E-state index contributed by atoms with van der Waals surface area (Å²) in [7, 11) is 0. The lowest BCUT2D eigenvalue weighted by Gasteiger charge is -2.29. The molecule has 1 aliphatic rings. The molecule has 6 nitrogen and oxygen atoms in total. The molecule has 0 radical (unpaired) electrons. The smallest absolute Gasteiger partial charge is 0.310 e. The molecule has 6 heteroatoms. The van der Waals surface area contributed by atoms with Crippen molar-refractivity contribution in [3.8, 4) is 5.75 Å². The summed E-state index contributed by atoms with van der Waals surface area (Å²) in [6, 6.07) is 4.88. The number of fused-ring (bicyclic) bond motifs is 1. The normalized spacial score (nSPS) is 20.4. The van der Waals surface area contributed by atoms with Crippen LogP contribution in [0.3, 0.4) is 0 Å². The first kappa shape index (κ1) is 17.3. The van der Waals surface area contributed by atoms with Gasteiger partial charge in [-0.15, -0.1) is 0 Å². The Morgan fingerprint density at radius 1 is 1.32 bits per heavy atom. The quantitative estimate of drug-likeness (QED) is 0.814. The third kappa shape index (κ3) is 4.32. The van der Waals surface area contributed by atoms with Crippen molar-refractivity contribution in [2.75, 3.05) is 6.61 Å². The highest BCUT2D eigenvalue weighted by atomic mass is 16.5. The second-order valence-corrected chi connectivity index (χ2v) is 6.71. The van der Waals surface area contributed by atoms with Crippen molar-refractivity contribution in [1.82, 2.24) is 5.32 Å². The SMILES string of the molecule is C[C@H]1CCCC[C@H]1NC(=O)COC(=O)Cc1coc2cc(O)ccc12. The maximum Gasteiger partial charge on any atom is 0.310 e. The summed E-state index contributed by atoms with van der Waals surface area (Å²) >= 11 is 0. The molecule has 0 saturated heterocycles. The van der Waals surface area contributed by atoms with Crippen LogP contribution in [0.15, 0.2) is 28.9 Å². The number of phenols is 1. The van der Waals surface area contributed by atoms with E-state index in [4.69, 9.17) is 9.15 Å². The highest BCUT2D eigenvalue weighted by Crippen LogP contribution is 2.25. The number of carbonyl (C=O) groups is 2. The number of carbonyl (C=O) groups excluding carboxylic acids is 2. The molecular formula is C19H23NO5. The van der Waals surface area contributed by atoms with Crippen LogP contribution in [0.5, 0.6) is 5.75 Å². The van der Waals surface area contributed by atoms with Crippen molar-refractivity contribution in [2.45, 2.75) is 45.1 Å². The van der Waals surface area contributed by atoms with E-state index >= 15 is 0 Å². The molecule has 1 aliphatic carbocycles. The van der Waals surface area contributed by atoms with Gasteiger partial charge in [0.15, 0.2) is 6.61 Å². The van der Waals surface area contributed by atoms with E-state index in [-0.39, 0.29) is 30.7 Å². The van der Waals surface area contributed by atoms with E-state index in [0.29, 0.717) is 17.1 Å². The number of hydrogen-bond donors (Lipinski definition) is 2. The Bertz CT molecular complexity index is 766. The Balaban J connectivity index is 1.49. The number of phenolic OH excluding ortho intramolecular Hbond substituents is 1. The van der Waals surface area contributed by atoms with Crippen molar-refractivity contribution in [3.05, 3.63) is 30.0 Å². The van der Waals surface area contributed by atoms with Gasteiger partial charge in [-0.05, 0) is 30.9 Å². The Kier molecular flexibility index (Phi) is 5.26. The Morgan fingerprint density at radius 2 is 2.12 bits per heavy atom. The van der Waals surface area contributed by atoms with Crippen LogP contribution >= 0.6 is 0 Å². The van der Waals surface area contributed by atoms with Crippen LogP contribution in [0.1, 0.15) is 38.2 Å². The molecule has 1 heterocycles. The van der Waals surface area contributed by atoms with E-state index in [1.807, 2.05) is 0 Å². The number of amides is 1. The largest absolute Gasteiger partial charge is 0.508 e. The van der Waals surface area contributed by atoms with Crippen LogP contribution in [-0.4, -0.2) is 29.6 Å². The van der Waals surface area contributed by atoms with Gasteiger partial charge in [0, 0.05) is 23.1 Å². The number of hydrogen-bond acceptors (Lipinski definition) is 5. The van der Waals surface area contributed by atoms with Crippen LogP contribution in [-0.2, 0) is 20.7 Å². The van der Waals surface area contributed by atoms with E-state index in [2.05, 4.69) is 12.2 Å². The van der Waals surface area contributed by atoms with Gasteiger partial charge in [0.2, 0.25) is 0 Å². The van der Waals surface area contributed by atoms with Crippen molar-refractivity contribution < 1.29 is 23.8 Å². The second kappa shape index (κ2) is 7.59. The molecule has 0 spiro atoms. The molecule has 0 aliphatic heterocycles. The number of aromatic hydroxyl groups is 1. The van der Waals surface area contributed by atoms with Gasteiger partial charge in [0.1, 0.15) is 11.3 Å². The number of nitrogens with one attached hydrogen (secondary N) is 1. The van der Waals surface area contributed by atoms with Crippen LogP contribution in [0.2, 0.25) is 0 Å².